The van der Waals surface area contributed by atoms with Crippen LogP contribution in [0.2, 0.25) is 0 Å². The van der Waals surface area contributed by atoms with Gasteiger partial charge in [-0.25, -0.2) is 4.98 Å². The molecule has 0 unspecified atom stereocenters. The van der Waals surface area contributed by atoms with Crippen LogP contribution in [-0.2, 0) is 18.3 Å². The summed E-state index contributed by atoms with van der Waals surface area (Å²) < 4.78 is 7.45. The Labute approximate surface area is 97.0 Å². The Morgan fingerprint density at radius 2 is 2.25 bits per heavy atom. The third kappa shape index (κ3) is 2.83. The maximum absolute atomic E-state index is 5.39. The first kappa shape index (κ1) is 11.6. The van der Waals surface area contributed by atoms with E-state index < -0.39 is 0 Å². The lowest BCUT2D eigenvalue weighted by atomic mass is 9.82. The molecule has 2 rings (SSSR count). The number of aromatic nitrogens is 2. The predicted molar refractivity (Wildman–Crippen MR) is 63.1 cm³/mol. The highest BCUT2D eigenvalue weighted by Gasteiger charge is 2.26. The fraction of sp³-hybridized carbons (Fsp3) is 0.750. The summed E-state index contributed by atoms with van der Waals surface area (Å²) in [6, 6.07) is 0. The summed E-state index contributed by atoms with van der Waals surface area (Å²) in [6.07, 6.45) is 6.07. The Hall–Kier alpha value is -0.870. The summed E-state index contributed by atoms with van der Waals surface area (Å²) in [5.41, 5.74) is 1.63. The number of aryl methyl sites for hydroxylation is 1. The van der Waals surface area contributed by atoms with Gasteiger partial charge in [0.15, 0.2) is 0 Å². The average molecular weight is 223 g/mol. The van der Waals surface area contributed by atoms with Crippen molar-refractivity contribution in [1.29, 1.82) is 0 Å². The van der Waals surface area contributed by atoms with Crippen molar-refractivity contribution >= 4 is 0 Å². The van der Waals surface area contributed by atoms with Crippen LogP contribution < -0.4 is 5.32 Å². The van der Waals surface area contributed by atoms with E-state index >= 15 is 0 Å². The fourth-order valence-corrected chi connectivity index (χ4v) is 2.09. The highest BCUT2D eigenvalue weighted by molar-refractivity contribution is 4.97. The van der Waals surface area contributed by atoms with E-state index in [-0.39, 0.29) is 0 Å². The number of nitrogens with one attached hydrogen (secondary N) is 1. The minimum Gasteiger partial charge on any atom is -0.381 e. The molecule has 1 N–H and O–H groups in total. The molecule has 0 atom stereocenters. The monoisotopic (exact) mass is 223 g/mol. The molecular weight excluding hydrogens is 202 g/mol. The van der Waals surface area contributed by atoms with Crippen LogP contribution in [0.25, 0.3) is 0 Å². The van der Waals surface area contributed by atoms with Gasteiger partial charge in [0.2, 0.25) is 0 Å². The summed E-state index contributed by atoms with van der Waals surface area (Å²) >= 11 is 0. The normalized spacial score (nSPS) is 19.9. The van der Waals surface area contributed by atoms with Crippen LogP contribution in [0.3, 0.4) is 0 Å². The summed E-state index contributed by atoms with van der Waals surface area (Å²) in [7, 11) is 2.03. The van der Waals surface area contributed by atoms with E-state index in [0.29, 0.717) is 5.41 Å². The summed E-state index contributed by atoms with van der Waals surface area (Å²) in [5, 5.41) is 3.52. The van der Waals surface area contributed by atoms with Crippen molar-refractivity contribution < 1.29 is 4.74 Å². The lowest BCUT2D eigenvalue weighted by molar-refractivity contribution is 0.0239. The average Bonchev–Trinajstić information content (AvgIpc) is 2.65. The van der Waals surface area contributed by atoms with Gasteiger partial charge in [-0.1, -0.05) is 6.92 Å². The van der Waals surface area contributed by atoms with Crippen molar-refractivity contribution in [3.63, 3.8) is 0 Å². The van der Waals surface area contributed by atoms with Gasteiger partial charge in [-0.2, -0.15) is 0 Å². The molecule has 1 aromatic heterocycles. The maximum atomic E-state index is 5.39. The second-order valence-electron chi connectivity index (χ2n) is 5.02. The quantitative estimate of drug-likeness (QED) is 0.837. The highest BCUT2D eigenvalue weighted by Crippen LogP contribution is 2.28. The van der Waals surface area contributed by atoms with Crippen LogP contribution in [0.4, 0.5) is 0 Å². The van der Waals surface area contributed by atoms with Gasteiger partial charge < -0.3 is 14.6 Å². The number of hydrogen-bond donors (Lipinski definition) is 1. The molecule has 1 aliphatic rings. The van der Waals surface area contributed by atoms with Gasteiger partial charge >= 0.3 is 0 Å². The summed E-state index contributed by atoms with van der Waals surface area (Å²) in [6.45, 7) is 6.11. The molecule has 0 aliphatic carbocycles. The number of rotatable bonds is 4. The molecule has 0 aromatic carbocycles. The van der Waals surface area contributed by atoms with Gasteiger partial charge in [-0.15, -0.1) is 0 Å². The molecule has 2 heterocycles. The Kier molecular flexibility index (Phi) is 3.61. The van der Waals surface area contributed by atoms with Crippen molar-refractivity contribution in [2.24, 2.45) is 12.5 Å². The Morgan fingerprint density at radius 1 is 1.50 bits per heavy atom. The van der Waals surface area contributed by atoms with Crippen LogP contribution >= 0.6 is 0 Å². The predicted octanol–water partition coefficient (Wildman–Crippen LogP) is 1.33. The molecule has 0 saturated carbocycles. The van der Waals surface area contributed by atoms with E-state index in [2.05, 4.69) is 21.8 Å². The van der Waals surface area contributed by atoms with Gasteiger partial charge in [0, 0.05) is 39.5 Å². The molecule has 0 spiro atoms. The van der Waals surface area contributed by atoms with Crippen LogP contribution in [0.1, 0.15) is 25.5 Å². The second kappa shape index (κ2) is 4.97. The lowest BCUT2D eigenvalue weighted by Crippen LogP contribution is -2.36. The van der Waals surface area contributed by atoms with Crippen LogP contribution in [-0.4, -0.2) is 29.3 Å². The molecule has 1 fully saturated rings. The van der Waals surface area contributed by atoms with E-state index in [1.807, 2.05) is 19.6 Å². The zero-order valence-electron chi connectivity index (χ0n) is 10.2. The standard InChI is InChI=1S/C12H21N3O/c1-12(3-5-16-6-4-12)9-13-7-11-8-14-10-15(11)2/h8,10,13H,3-7,9H2,1-2H3. The lowest BCUT2D eigenvalue weighted by Gasteiger charge is -2.33. The second-order valence-corrected chi connectivity index (χ2v) is 5.02. The van der Waals surface area contributed by atoms with Crippen LogP contribution in [0, 0.1) is 5.41 Å². The topological polar surface area (TPSA) is 39.1 Å². The Morgan fingerprint density at radius 3 is 2.88 bits per heavy atom. The number of nitrogens with zero attached hydrogens (tertiary/aromatic N) is 2. The minimum absolute atomic E-state index is 0.400. The van der Waals surface area contributed by atoms with E-state index in [4.69, 9.17) is 4.74 Å². The maximum Gasteiger partial charge on any atom is 0.0945 e. The Bertz CT molecular complexity index is 329. The van der Waals surface area contributed by atoms with Gasteiger partial charge in [0.1, 0.15) is 0 Å². The molecule has 0 bridgehead atoms. The van der Waals surface area contributed by atoms with Crippen molar-refractivity contribution in [1.82, 2.24) is 14.9 Å². The number of ether oxygens (including phenoxy) is 1. The first-order valence-electron chi connectivity index (χ1n) is 5.93. The van der Waals surface area contributed by atoms with Crippen LogP contribution in [0.5, 0.6) is 0 Å². The first-order chi connectivity index (χ1) is 7.70. The summed E-state index contributed by atoms with van der Waals surface area (Å²) in [5.74, 6) is 0. The molecule has 16 heavy (non-hydrogen) atoms. The third-order valence-corrected chi connectivity index (χ3v) is 3.47. The third-order valence-electron chi connectivity index (χ3n) is 3.47. The fourth-order valence-electron chi connectivity index (χ4n) is 2.09. The van der Waals surface area contributed by atoms with Gasteiger partial charge in [0.05, 0.1) is 12.0 Å². The molecule has 90 valence electrons. The molecule has 4 nitrogen and oxygen atoms in total. The molecule has 0 radical (unpaired) electrons. The number of imidazole rings is 1. The SMILES string of the molecule is Cn1cncc1CNCC1(C)CCOCC1. The Balaban J connectivity index is 1.77. The van der Waals surface area contributed by atoms with Crippen molar-refractivity contribution in [2.75, 3.05) is 19.8 Å². The zero-order valence-corrected chi connectivity index (χ0v) is 10.2. The first-order valence-corrected chi connectivity index (χ1v) is 5.93. The molecule has 1 aromatic rings. The van der Waals surface area contributed by atoms with Crippen molar-refractivity contribution in [3.8, 4) is 0 Å². The molecule has 0 amide bonds. The molecule has 4 heteroatoms. The minimum atomic E-state index is 0.400. The van der Waals surface area contributed by atoms with E-state index in [1.165, 1.54) is 5.69 Å². The van der Waals surface area contributed by atoms with Gasteiger partial charge in [0.25, 0.3) is 0 Å². The van der Waals surface area contributed by atoms with E-state index in [9.17, 15) is 0 Å². The largest absolute Gasteiger partial charge is 0.381 e. The smallest absolute Gasteiger partial charge is 0.0945 e. The highest BCUT2D eigenvalue weighted by atomic mass is 16.5. The van der Waals surface area contributed by atoms with Crippen molar-refractivity contribution in [2.45, 2.75) is 26.3 Å². The molecule has 1 aliphatic heterocycles. The zero-order chi connectivity index (χ0) is 11.4. The molecule has 1 saturated heterocycles. The molecular formula is C12H21N3O. The van der Waals surface area contributed by atoms with E-state index in [1.54, 1.807) is 0 Å². The number of hydrogen-bond acceptors (Lipinski definition) is 3. The summed E-state index contributed by atoms with van der Waals surface area (Å²) in [4.78, 5) is 4.11. The van der Waals surface area contributed by atoms with E-state index in [0.717, 1.165) is 39.1 Å². The van der Waals surface area contributed by atoms with Crippen LogP contribution in [0.15, 0.2) is 12.5 Å². The van der Waals surface area contributed by atoms with Gasteiger partial charge in [-0.3, -0.25) is 0 Å². The van der Waals surface area contributed by atoms with Crippen molar-refractivity contribution in [3.05, 3.63) is 18.2 Å². The van der Waals surface area contributed by atoms with Gasteiger partial charge in [-0.05, 0) is 18.3 Å².